The number of aromatic amines is 2. The molecular weight excluding hydrogens is 346 g/mol. The van der Waals surface area contributed by atoms with E-state index in [0.29, 0.717) is 24.4 Å². The molecule has 0 unspecified atom stereocenters. The summed E-state index contributed by atoms with van der Waals surface area (Å²) in [6.45, 7) is 1.84. The minimum absolute atomic E-state index is 0.0449. The molecule has 138 valence electrons. The molecule has 3 heterocycles. The average Bonchev–Trinajstić information content (AvgIpc) is 3.44. The molecule has 1 aliphatic carbocycles. The molecule has 3 aromatic rings. The Balaban J connectivity index is 1.44. The molecule has 8 nitrogen and oxygen atoms in total. The molecule has 1 saturated carbocycles. The zero-order valence-corrected chi connectivity index (χ0v) is 14.7. The zero-order chi connectivity index (χ0) is 18.5. The normalized spacial score (nSPS) is 17.2. The second-order valence-electron chi connectivity index (χ2n) is 7.38. The van der Waals surface area contributed by atoms with Gasteiger partial charge < -0.3 is 9.97 Å². The highest BCUT2D eigenvalue weighted by Crippen LogP contribution is 2.38. The van der Waals surface area contributed by atoms with Crippen LogP contribution in [0.4, 0.5) is 5.69 Å². The van der Waals surface area contributed by atoms with Crippen LogP contribution in [0.2, 0.25) is 0 Å². The number of nitro groups is 1. The van der Waals surface area contributed by atoms with Gasteiger partial charge in [0.15, 0.2) is 0 Å². The van der Waals surface area contributed by atoms with Crippen LogP contribution in [0.3, 0.4) is 0 Å². The summed E-state index contributed by atoms with van der Waals surface area (Å²) in [5, 5.41) is 12.0. The summed E-state index contributed by atoms with van der Waals surface area (Å²) in [6.07, 6.45) is 4.76. The van der Waals surface area contributed by atoms with Crippen molar-refractivity contribution in [3.05, 3.63) is 67.5 Å². The predicted octanol–water partition coefficient (Wildman–Crippen LogP) is 2.60. The number of non-ortho nitro benzene ring substituents is 1. The van der Waals surface area contributed by atoms with Crippen LogP contribution >= 0.6 is 0 Å². The van der Waals surface area contributed by atoms with E-state index >= 15 is 0 Å². The third-order valence-electron chi connectivity index (χ3n) is 5.49. The van der Waals surface area contributed by atoms with Crippen molar-refractivity contribution < 1.29 is 4.92 Å². The Morgan fingerprint density at radius 3 is 2.96 bits per heavy atom. The summed E-state index contributed by atoms with van der Waals surface area (Å²) in [6, 6.07) is 5.05. The molecular formula is C19H19N5O3. The topological polar surface area (TPSA) is 108 Å². The first-order chi connectivity index (χ1) is 13.1. The molecule has 2 N–H and O–H groups in total. The Labute approximate surface area is 154 Å². The van der Waals surface area contributed by atoms with E-state index in [4.69, 9.17) is 0 Å². The van der Waals surface area contributed by atoms with E-state index in [9.17, 15) is 14.9 Å². The van der Waals surface area contributed by atoms with Gasteiger partial charge in [-0.3, -0.25) is 19.8 Å². The van der Waals surface area contributed by atoms with E-state index in [0.717, 1.165) is 54.0 Å². The van der Waals surface area contributed by atoms with Crippen molar-refractivity contribution in [2.75, 3.05) is 6.54 Å². The number of H-pyrrole nitrogens is 2. The minimum Gasteiger partial charge on any atom is -0.361 e. The quantitative estimate of drug-likeness (QED) is 0.546. The van der Waals surface area contributed by atoms with E-state index in [1.165, 1.54) is 6.07 Å². The summed E-state index contributed by atoms with van der Waals surface area (Å²) in [5.41, 5.74) is 3.32. The number of nitrogens with one attached hydrogen (secondary N) is 2. The van der Waals surface area contributed by atoms with Crippen molar-refractivity contribution in [3.8, 4) is 0 Å². The molecule has 0 spiro atoms. The molecule has 5 rings (SSSR count). The van der Waals surface area contributed by atoms with Gasteiger partial charge in [-0.25, -0.2) is 4.98 Å². The lowest BCUT2D eigenvalue weighted by molar-refractivity contribution is -0.383. The average molecular weight is 365 g/mol. The SMILES string of the molecule is O=c1[nH]c(C2CC2)nc2c1CN(Cc1c[nH]c3cccc([N+](=O)[O-])c13)CC2. The Hall–Kier alpha value is -3.00. The van der Waals surface area contributed by atoms with Gasteiger partial charge in [0.2, 0.25) is 0 Å². The van der Waals surface area contributed by atoms with Crippen molar-refractivity contribution in [2.24, 2.45) is 0 Å². The molecule has 8 heteroatoms. The van der Waals surface area contributed by atoms with Crippen LogP contribution in [0, 0.1) is 10.1 Å². The maximum absolute atomic E-state index is 12.5. The maximum atomic E-state index is 12.5. The zero-order valence-electron chi connectivity index (χ0n) is 14.7. The molecule has 0 bridgehead atoms. The highest BCUT2D eigenvalue weighted by Gasteiger charge is 2.29. The number of hydrogen-bond donors (Lipinski definition) is 2. The highest BCUT2D eigenvalue weighted by atomic mass is 16.6. The Morgan fingerprint density at radius 1 is 1.33 bits per heavy atom. The first kappa shape index (κ1) is 16.2. The van der Waals surface area contributed by atoms with Gasteiger partial charge in [-0.1, -0.05) is 6.07 Å². The van der Waals surface area contributed by atoms with Crippen LogP contribution in [-0.4, -0.2) is 31.3 Å². The first-order valence-electron chi connectivity index (χ1n) is 9.18. The van der Waals surface area contributed by atoms with Crippen molar-refractivity contribution in [3.63, 3.8) is 0 Å². The van der Waals surface area contributed by atoms with Gasteiger partial charge in [0.25, 0.3) is 11.2 Å². The Kier molecular flexibility index (Phi) is 3.61. The smallest absolute Gasteiger partial charge is 0.279 e. The minimum atomic E-state index is -0.348. The number of nitro benzene ring substituents is 1. The monoisotopic (exact) mass is 365 g/mol. The van der Waals surface area contributed by atoms with Crippen molar-refractivity contribution in [2.45, 2.75) is 38.3 Å². The van der Waals surface area contributed by atoms with Crippen LogP contribution in [-0.2, 0) is 19.5 Å². The largest absolute Gasteiger partial charge is 0.361 e. The second-order valence-corrected chi connectivity index (χ2v) is 7.38. The fraction of sp³-hybridized carbons (Fsp3) is 0.368. The summed E-state index contributed by atoms with van der Waals surface area (Å²) in [7, 11) is 0. The van der Waals surface area contributed by atoms with Gasteiger partial charge in [0.05, 0.1) is 27.1 Å². The molecule has 0 atom stereocenters. The molecule has 1 aliphatic heterocycles. The van der Waals surface area contributed by atoms with Gasteiger partial charge >= 0.3 is 0 Å². The summed E-state index contributed by atoms with van der Waals surface area (Å²) >= 11 is 0. The number of aromatic nitrogens is 3. The van der Waals surface area contributed by atoms with Crippen LogP contribution < -0.4 is 5.56 Å². The molecule has 27 heavy (non-hydrogen) atoms. The fourth-order valence-electron chi connectivity index (χ4n) is 3.94. The lowest BCUT2D eigenvalue weighted by atomic mass is 10.0. The molecule has 1 aromatic carbocycles. The van der Waals surface area contributed by atoms with Crippen molar-refractivity contribution in [1.82, 2.24) is 19.9 Å². The fourth-order valence-corrected chi connectivity index (χ4v) is 3.94. The highest BCUT2D eigenvalue weighted by molar-refractivity contribution is 5.91. The van der Waals surface area contributed by atoms with Gasteiger partial charge in [0, 0.05) is 44.2 Å². The molecule has 1 fully saturated rings. The van der Waals surface area contributed by atoms with E-state index < -0.39 is 0 Å². The molecule has 2 aliphatic rings. The van der Waals surface area contributed by atoms with E-state index in [-0.39, 0.29) is 16.2 Å². The number of nitrogens with zero attached hydrogens (tertiary/aromatic N) is 3. The number of benzene rings is 1. The Morgan fingerprint density at radius 2 is 2.19 bits per heavy atom. The molecule has 0 radical (unpaired) electrons. The third kappa shape index (κ3) is 2.82. The van der Waals surface area contributed by atoms with E-state index in [1.54, 1.807) is 6.07 Å². The van der Waals surface area contributed by atoms with Gasteiger partial charge in [-0.2, -0.15) is 0 Å². The summed E-state index contributed by atoms with van der Waals surface area (Å²) in [4.78, 5) is 36.4. The standard InChI is InChI=1S/C19H19N5O3/c25-19-13-10-23(7-6-14(13)21-18(22-19)11-4-5-11)9-12-8-20-15-2-1-3-16(17(12)15)24(26)27/h1-3,8,11,20H,4-7,9-10H2,(H,21,22,25). The number of fused-ring (bicyclic) bond motifs is 2. The van der Waals surface area contributed by atoms with Crippen LogP contribution in [0.25, 0.3) is 10.9 Å². The van der Waals surface area contributed by atoms with Crippen LogP contribution in [0.5, 0.6) is 0 Å². The summed E-state index contributed by atoms with van der Waals surface area (Å²) in [5.74, 6) is 1.26. The first-order valence-corrected chi connectivity index (χ1v) is 9.18. The lowest BCUT2D eigenvalue weighted by Crippen LogP contribution is -2.35. The Bertz CT molecular complexity index is 1110. The molecule has 2 aromatic heterocycles. The predicted molar refractivity (Wildman–Crippen MR) is 99.6 cm³/mol. The van der Waals surface area contributed by atoms with Crippen molar-refractivity contribution >= 4 is 16.6 Å². The molecule has 0 saturated heterocycles. The summed E-state index contributed by atoms with van der Waals surface area (Å²) < 4.78 is 0. The number of rotatable bonds is 4. The van der Waals surface area contributed by atoms with Gasteiger partial charge in [-0.15, -0.1) is 0 Å². The second kappa shape index (κ2) is 6.02. The van der Waals surface area contributed by atoms with Gasteiger partial charge in [-0.05, 0) is 24.5 Å². The van der Waals surface area contributed by atoms with Crippen LogP contribution in [0.1, 0.15) is 41.4 Å². The van der Waals surface area contributed by atoms with E-state index in [1.807, 2.05) is 12.3 Å². The molecule has 0 amide bonds. The van der Waals surface area contributed by atoms with Gasteiger partial charge in [0.1, 0.15) is 5.82 Å². The van der Waals surface area contributed by atoms with Crippen molar-refractivity contribution in [1.29, 1.82) is 0 Å². The third-order valence-corrected chi connectivity index (χ3v) is 5.49. The number of hydrogen-bond acceptors (Lipinski definition) is 5. The lowest BCUT2D eigenvalue weighted by Gasteiger charge is -2.27. The van der Waals surface area contributed by atoms with E-state index in [2.05, 4.69) is 19.9 Å². The maximum Gasteiger partial charge on any atom is 0.279 e. The van der Waals surface area contributed by atoms with Crippen LogP contribution in [0.15, 0.2) is 29.2 Å².